The van der Waals surface area contributed by atoms with Crippen LogP contribution in [-0.4, -0.2) is 21.8 Å². The summed E-state index contributed by atoms with van der Waals surface area (Å²) >= 11 is 3.32. The third-order valence-corrected chi connectivity index (χ3v) is 2.67. The Bertz CT molecular complexity index is 626. The van der Waals surface area contributed by atoms with Crippen LogP contribution in [0.25, 0.3) is 0 Å². The van der Waals surface area contributed by atoms with Crippen molar-refractivity contribution in [1.29, 1.82) is 0 Å². The molecule has 1 aromatic heterocycles. The summed E-state index contributed by atoms with van der Waals surface area (Å²) in [5.41, 5.74) is 1.46. The van der Waals surface area contributed by atoms with Crippen LogP contribution < -0.4 is 5.11 Å². The maximum atomic E-state index is 11.5. The van der Waals surface area contributed by atoms with E-state index in [1.54, 1.807) is 24.5 Å². The van der Waals surface area contributed by atoms with Gasteiger partial charge in [-0.15, -0.1) is 0 Å². The van der Waals surface area contributed by atoms with E-state index in [1.807, 2.05) is 18.2 Å². The monoisotopic (exact) mass is 452 g/mol. The van der Waals surface area contributed by atoms with Crippen LogP contribution in [0.5, 0.6) is 5.75 Å². The first-order valence-electron chi connectivity index (χ1n) is 5.67. The number of pyridine rings is 1. The molecular weight excluding hydrogens is 439 g/mol. The Labute approximate surface area is 158 Å². The molecular formula is C13H15BrN3O6Zn+. The summed E-state index contributed by atoms with van der Waals surface area (Å²) in [6.45, 7) is 0.479. The quantitative estimate of drug-likeness (QED) is 0.215. The number of aromatic nitrogens is 1. The minimum Gasteiger partial charge on any atom is -0.872 e. The molecule has 0 aliphatic rings. The van der Waals surface area contributed by atoms with Crippen LogP contribution in [0.3, 0.4) is 0 Å². The first-order valence-corrected chi connectivity index (χ1v) is 6.46. The van der Waals surface area contributed by atoms with Crippen molar-refractivity contribution in [3.8, 4) is 5.75 Å². The van der Waals surface area contributed by atoms with Crippen LogP contribution in [0.15, 0.2) is 52.1 Å². The van der Waals surface area contributed by atoms with Gasteiger partial charge in [0.1, 0.15) is 0 Å². The molecule has 0 unspecified atom stereocenters. The van der Waals surface area contributed by atoms with Crippen molar-refractivity contribution in [3.05, 3.63) is 73.6 Å². The SMILES string of the molecule is O.O=[N+]([O-])[O-].[O-]c1ccc(Br)cc1C=NCc1ccccn1.[OH3+].[Zn+2]. The minimum atomic E-state index is -1.75. The molecule has 2 aromatic rings. The van der Waals surface area contributed by atoms with Gasteiger partial charge in [0, 0.05) is 16.9 Å². The number of nitrogens with zero attached hydrogens (tertiary/aromatic N) is 3. The molecule has 126 valence electrons. The number of aliphatic imine (C=N–C) groups is 1. The van der Waals surface area contributed by atoms with Gasteiger partial charge in [-0.05, 0) is 29.8 Å². The van der Waals surface area contributed by atoms with E-state index in [0.717, 1.165) is 10.2 Å². The number of hydrogen-bond donors (Lipinski definition) is 0. The summed E-state index contributed by atoms with van der Waals surface area (Å²) in [5.74, 6) is -0.0297. The fourth-order valence-corrected chi connectivity index (χ4v) is 1.73. The van der Waals surface area contributed by atoms with Crippen LogP contribution in [0.1, 0.15) is 11.3 Å². The van der Waals surface area contributed by atoms with Gasteiger partial charge in [-0.2, -0.15) is 0 Å². The molecule has 0 atom stereocenters. The van der Waals surface area contributed by atoms with Gasteiger partial charge < -0.3 is 31.4 Å². The van der Waals surface area contributed by atoms with E-state index >= 15 is 0 Å². The number of hydrogen-bond acceptors (Lipinski definition) is 6. The summed E-state index contributed by atoms with van der Waals surface area (Å²) in [4.78, 5) is 16.6. The summed E-state index contributed by atoms with van der Waals surface area (Å²) < 4.78 is 0.872. The average Bonchev–Trinajstić information content (AvgIpc) is 2.43. The van der Waals surface area contributed by atoms with Crippen LogP contribution in [0, 0.1) is 15.3 Å². The molecule has 0 aliphatic carbocycles. The predicted molar refractivity (Wildman–Crippen MR) is 88.0 cm³/mol. The predicted octanol–water partition coefficient (Wildman–Crippen LogP) is 0.549. The zero-order valence-electron chi connectivity index (χ0n) is 12.5. The van der Waals surface area contributed by atoms with Crippen LogP contribution in [-0.2, 0) is 31.5 Å². The summed E-state index contributed by atoms with van der Waals surface area (Å²) in [6.07, 6.45) is 3.31. The van der Waals surface area contributed by atoms with Crippen molar-refractivity contribution in [3.63, 3.8) is 0 Å². The van der Waals surface area contributed by atoms with E-state index in [2.05, 4.69) is 25.9 Å². The van der Waals surface area contributed by atoms with E-state index in [-0.39, 0.29) is 36.2 Å². The number of halogens is 1. The molecule has 1 heterocycles. The topological polar surface area (TPSA) is 179 Å². The molecule has 0 radical (unpaired) electrons. The smallest absolute Gasteiger partial charge is 0.872 e. The molecule has 24 heavy (non-hydrogen) atoms. The Morgan fingerprint density at radius 1 is 1.25 bits per heavy atom. The number of benzene rings is 1. The standard InChI is InChI=1S/C13H11BrN2O.NO3.2H2O.Zn/c14-11-4-5-13(17)10(7-11)8-15-9-12-3-1-2-6-16-12;2-1(3)4;;;/h1-8,17H,9H2;;2*1H2;/q;-1;;;+2. The van der Waals surface area contributed by atoms with Crippen molar-refractivity contribution < 1.29 is 40.6 Å². The van der Waals surface area contributed by atoms with Crippen molar-refractivity contribution >= 4 is 22.1 Å². The third-order valence-electron chi connectivity index (χ3n) is 2.18. The largest absolute Gasteiger partial charge is 2.00 e. The second kappa shape index (κ2) is 14.6. The van der Waals surface area contributed by atoms with Crippen molar-refractivity contribution in [2.24, 2.45) is 4.99 Å². The normalized spacial score (nSPS) is 8.71. The second-order valence-corrected chi connectivity index (χ2v) is 4.61. The van der Waals surface area contributed by atoms with Gasteiger partial charge in [0.25, 0.3) is 0 Å². The molecule has 0 saturated heterocycles. The Hall–Kier alpha value is -1.94. The summed E-state index contributed by atoms with van der Waals surface area (Å²) in [6, 6.07) is 10.7. The molecule has 2 rings (SSSR count). The molecule has 0 amide bonds. The number of rotatable bonds is 3. The van der Waals surface area contributed by atoms with Gasteiger partial charge in [0.2, 0.25) is 0 Å². The molecule has 0 aliphatic heterocycles. The van der Waals surface area contributed by atoms with E-state index < -0.39 is 5.09 Å². The van der Waals surface area contributed by atoms with Crippen LogP contribution in [0.2, 0.25) is 0 Å². The molecule has 0 bridgehead atoms. The third kappa shape index (κ3) is 11.6. The van der Waals surface area contributed by atoms with Gasteiger partial charge in [0.05, 0.1) is 17.3 Å². The zero-order valence-corrected chi connectivity index (χ0v) is 17.0. The first kappa shape index (κ1) is 26.9. The van der Waals surface area contributed by atoms with Gasteiger partial charge >= 0.3 is 19.5 Å². The van der Waals surface area contributed by atoms with Crippen LogP contribution >= 0.6 is 15.9 Å². The van der Waals surface area contributed by atoms with Crippen LogP contribution in [0.4, 0.5) is 0 Å². The molecule has 9 nitrogen and oxygen atoms in total. The fraction of sp³-hybridized carbons (Fsp3) is 0.0769. The Morgan fingerprint density at radius 2 is 1.88 bits per heavy atom. The van der Waals surface area contributed by atoms with Gasteiger partial charge in [-0.3, -0.25) is 9.98 Å². The average molecular weight is 455 g/mol. The van der Waals surface area contributed by atoms with Gasteiger partial charge in [-0.25, -0.2) is 0 Å². The maximum Gasteiger partial charge on any atom is 2.00 e. The van der Waals surface area contributed by atoms with Gasteiger partial charge in [0.15, 0.2) is 0 Å². The molecule has 0 saturated carbocycles. The van der Waals surface area contributed by atoms with Crippen molar-refractivity contribution in [2.75, 3.05) is 0 Å². The van der Waals surface area contributed by atoms with E-state index in [9.17, 15) is 5.11 Å². The van der Waals surface area contributed by atoms with Gasteiger partial charge in [-0.1, -0.05) is 33.8 Å². The van der Waals surface area contributed by atoms with E-state index in [1.165, 1.54) is 6.07 Å². The fourth-order valence-electron chi connectivity index (χ4n) is 1.35. The minimum absolute atomic E-state index is 0. The molecule has 11 heteroatoms. The van der Waals surface area contributed by atoms with Crippen molar-refractivity contribution in [1.82, 2.24) is 4.98 Å². The molecule has 0 spiro atoms. The maximum absolute atomic E-state index is 11.5. The summed E-state index contributed by atoms with van der Waals surface area (Å²) in [7, 11) is 0. The van der Waals surface area contributed by atoms with E-state index in [4.69, 9.17) is 15.3 Å². The molecule has 1 aromatic carbocycles. The Morgan fingerprint density at radius 3 is 2.42 bits per heavy atom. The summed E-state index contributed by atoms with van der Waals surface area (Å²) in [5, 5.41) is 26.2. The second-order valence-electron chi connectivity index (χ2n) is 3.70. The molecule has 5 N–H and O–H groups in total. The first-order chi connectivity index (χ1) is 9.99. The zero-order chi connectivity index (χ0) is 15.7. The molecule has 0 fully saturated rings. The Balaban J connectivity index is -0.000000571. The van der Waals surface area contributed by atoms with Crippen molar-refractivity contribution in [2.45, 2.75) is 6.54 Å². The Kier molecular flexibility index (Phi) is 16.4. The van der Waals surface area contributed by atoms with E-state index in [0.29, 0.717) is 12.1 Å².